The predicted molar refractivity (Wildman–Crippen MR) is 111 cm³/mol. The van der Waals surface area contributed by atoms with Gasteiger partial charge in [0.15, 0.2) is 5.82 Å². The molecule has 0 saturated carbocycles. The van der Waals surface area contributed by atoms with Gasteiger partial charge in [-0.3, -0.25) is 0 Å². The van der Waals surface area contributed by atoms with Crippen molar-refractivity contribution in [1.29, 1.82) is 0 Å². The third-order valence-corrected chi connectivity index (χ3v) is 6.21. The van der Waals surface area contributed by atoms with Gasteiger partial charge in [-0.1, -0.05) is 34.7 Å². The van der Waals surface area contributed by atoms with E-state index in [-0.39, 0.29) is 15.8 Å². The molecule has 4 rings (SSSR count). The summed E-state index contributed by atoms with van der Waals surface area (Å²) in [5.41, 5.74) is 1.02. The fraction of sp³-hybridized carbons (Fsp3) is 0.211. The van der Waals surface area contributed by atoms with E-state index in [9.17, 15) is 14.3 Å². The first-order chi connectivity index (χ1) is 13.4. The Morgan fingerprint density at radius 1 is 1.25 bits per heavy atom. The molecule has 1 aromatic heterocycles. The Hall–Kier alpha value is -2.69. The normalized spacial score (nSPS) is 19.1. The third kappa shape index (κ3) is 3.41. The van der Waals surface area contributed by atoms with Crippen LogP contribution < -0.4 is 10.2 Å². The van der Waals surface area contributed by atoms with E-state index in [4.69, 9.17) is 5.11 Å². The average Bonchev–Trinajstić information content (AvgIpc) is 3.01. The summed E-state index contributed by atoms with van der Waals surface area (Å²) in [6, 6.07) is 10.8. The molecule has 9 heteroatoms. The molecule has 0 bridgehead atoms. The van der Waals surface area contributed by atoms with Crippen LogP contribution in [-0.4, -0.2) is 42.9 Å². The minimum atomic E-state index is -1.08. The Labute approximate surface area is 173 Å². The zero-order valence-electron chi connectivity index (χ0n) is 14.5. The number of anilines is 1. The van der Waals surface area contributed by atoms with E-state index in [1.165, 1.54) is 12.1 Å². The highest BCUT2D eigenvalue weighted by Crippen LogP contribution is 2.36. The van der Waals surface area contributed by atoms with Gasteiger partial charge in [-0.05, 0) is 36.8 Å². The Bertz CT molecular complexity index is 1060. The van der Waals surface area contributed by atoms with E-state index in [1.54, 1.807) is 30.3 Å². The summed E-state index contributed by atoms with van der Waals surface area (Å²) in [4.78, 5) is 22.1. The van der Waals surface area contributed by atoms with Crippen molar-refractivity contribution in [1.82, 2.24) is 15.3 Å². The number of aromatic hydroxyl groups is 1. The highest BCUT2D eigenvalue weighted by molar-refractivity contribution is 14.1. The second-order valence-corrected chi connectivity index (χ2v) is 7.74. The number of benzene rings is 2. The summed E-state index contributed by atoms with van der Waals surface area (Å²) in [6.07, 6.45) is -0.478. The molecule has 28 heavy (non-hydrogen) atoms. The number of hydrogen-bond donors (Lipinski definition) is 3. The van der Waals surface area contributed by atoms with Crippen molar-refractivity contribution in [3.8, 4) is 17.1 Å². The number of fused-ring (bicyclic) bond motifs is 1. The molecule has 2 unspecified atom stereocenters. The largest absolute Gasteiger partial charge is 0.507 e. The van der Waals surface area contributed by atoms with E-state index in [1.807, 2.05) is 4.90 Å². The Kier molecular flexibility index (Phi) is 4.92. The van der Waals surface area contributed by atoms with Crippen molar-refractivity contribution in [2.45, 2.75) is 16.5 Å². The van der Waals surface area contributed by atoms with Gasteiger partial charge in [-0.15, -0.1) is 0 Å². The molecule has 0 spiro atoms. The molecule has 2 atom stereocenters. The number of para-hydroxylation sites is 1. The van der Waals surface area contributed by atoms with Crippen LogP contribution in [-0.2, 0) is 0 Å². The van der Waals surface area contributed by atoms with Crippen molar-refractivity contribution in [3.63, 3.8) is 0 Å². The van der Waals surface area contributed by atoms with E-state index in [0.29, 0.717) is 41.1 Å². The summed E-state index contributed by atoms with van der Waals surface area (Å²) >= 11 is 2.16. The first-order valence-electron chi connectivity index (χ1n) is 8.60. The maximum Gasteiger partial charge on any atom is 0.404 e. The molecule has 3 N–H and O–H groups in total. The van der Waals surface area contributed by atoms with Gasteiger partial charge in [0.2, 0.25) is 0 Å². The van der Waals surface area contributed by atoms with E-state index in [2.05, 4.69) is 37.9 Å². The lowest BCUT2D eigenvalue weighted by Crippen LogP contribution is -2.41. The SMILES string of the molecule is O=C(O)NC1CCN(c2nc(-c3ccccc3O)nc3ccc(F)cc23)C1I. The van der Waals surface area contributed by atoms with Crippen LogP contribution in [0.4, 0.5) is 15.0 Å². The summed E-state index contributed by atoms with van der Waals surface area (Å²) in [5, 5.41) is 22.3. The zero-order valence-corrected chi connectivity index (χ0v) is 16.7. The van der Waals surface area contributed by atoms with Gasteiger partial charge in [-0.25, -0.2) is 19.2 Å². The van der Waals surface area contributed by atoms with Crippen molar-refractivity contribution in [3.05, 3.63) is 48.3 Å². The monoisotopic (exact) mass is 494 g/mol. The molecular weight excluding hydrogens is 478 g/mol. The van der Waals surface area contributed by atoms with Crippen molar-refractivity contribution >= 4 is 45.4 Å². The number of hydrogen-bond acceptors (Lipinski definition) is 5. The van der Waals surface area contributed by atoms with E-state index < -0.39 is 11.9 Å². The van der Waals surface area contributed by atoms with Crippen molar-refractivity contribution < 1.29 is 19.4 Å². The van der Waals surface area contributed by atoms with Crippen LogP contribution in [0, 0.1) is 5.82 Å². The van der Waals surface area contributed by atoms with Crippen LogP contribution in [0.3, 0.4) is 0 Å². The Morgan fingerprint density at radius 3 is 2.79 bits per heavy atom. The quantitative estimate of drug-likeness (QED) is 0.292. The molecule has 2 heterocycles. The minimum absolute atomic E-state index is 0.0489. The fourth-order valence-corrected chi connectivity index (χ4v) is 4.45. The third-order valence-electron chi connectivity index (χ3n) is 4.67. The molecule has 1 aliphatic heterocycles. The second-order valence-electron chi connectivity index (χ2n) is 6.46. The fourth-order valence-electron chi connectivity index (χ4n) is 3.37. The molecule has 1 amide bonds. The number of carboxylic acid groups (broad SMARTS) is 1. The van der Waals surface area contributed by atoms with Crippen LogP contribution in [0.25, 0.3) is 22.3 Å². The summed E-state index contributed by atoms with van der Waals surface area (Å²) < 4.78 is 13.7. The van der Waals surface area contributed by atoms with E-state index >= 15 is 0 Å². The Morgan fingerprint density at radius 2 is 2.04 bits per heavy atom. The van der Waals surface area contributed by atoms with Crippen LogP contribution in [0.15, 0.2) is 42.5 Å². The van der Waals surface area contributed by atoms with Crippen LogP contribution >= 0.6 is 22.6 Å². The number of halogens is 2. The molecule has 0 radical (unpaired) electrons. The molecule has 1 saturated heterocycles. The van der Waals surface area contributed by atoms with Crippen LogP contribution in [0.1, 0.15) is 6.42 Å². The summed E-state index contributed by atoms with van der Waals surface area (Å²) in [5.74, 6) is 0.479. The summed E-state index contributed by atoms with van der Waals surface area (Å²) in [6.45, 7) is 0.557. The second kappa shape index (κ2) is 7.38. The first-order valence-corrected chi connectivity index (χ1v) is 9.84. The molecule has 3 aromatic rings. The molecule has 2 aromatic carbocycles. The highest BCUT2D eigenvalue weighted by Gasteiger charge is 2.35. The van der Waals surface area contributed by atoms with Crippen LogP contribution in [0.2, 0.25) is 0 Å². The standard InChI is InChI=1S/C19H16FIN4O3/c20-10-5-6-13-12(9-10)18(25-8-7-14(16(25)21)23-19(27)28)24-17(22-13)11-3-1-2-4-15(11)26/h1-6,9,14,16,23,26H,7-8H2,(H,27,28). The lowest BCUT2D eigenvalue weighted by Gasteiger charge is -2.25. The van der Waals surface area contributed by atoms with E-state index in [0.717, 1.165) is 0 Å². The number of phenols is 1. The number of rotatable bonds is 3. The minimum Gasteiger partial charge on any atom is -0.507 e. The van der Waals surface area contributed by atoms with Gasteiger partial charge in [0.1, 0.15) is 21.4 Å². The predicted octanol–water partition coefficient (Wildman–Crippen LogP) is 3.75. The number of alkyl halides is 1. The maximum absolute atomic E-state index is 13.9. The number of nitrogens with one attached hydrogen (secondary N) is 1. The zero-order chi connectivity index (χ0) is 19.8. The number of carbonyl (C=O) groups is 1. The van der Waals surface area contributed by atoms with Crippen molar-refractivity contribution in [2.24, 2.45) is 0 Å². The molecular formula is C19H16FIN4O3. The van der Waals surface area contributed by atoms with Gasteiger partial charge >= 0.3 is 6.09 Å². The van der Waals surface area contributed by atoms with Crippen LogP contribution in [0.5, 0.6) is 5.75 Å². The van der Waals surface area contributed by atoms with Gasteiger partial charge < -0.3 is 20.4 Å². The molecule has 0 aliphatic carbocycles. The van der Waals surface area contributed by atoms with Gasteiger partial charge in [0, 0.05) is 11.9 Å². The summed E-state index contributed by atoms with van der Waals surface area (Å²) in [7, 11) is 0. The Balaban J connectivity index is 1.86. The van der Waals surface area contributed by atoms with Crippen molar-refractivity contribution in [2.75, 3.05) is 11.4 Å². The molecule has 1 aliphatic rings. The number of phenolic OH excluding ortho intramolecular Hbond substituents is 1. The number of amides is 1. The molecule has 1 fully saturated rings. The topological polar surface area (TPSA) is 98.6 Å². The lowest BCUT2D eigenvalue weighted by atomic mass is 10.1. The average molecular weight is 494 g/mol. The number of nitrogens with zero attached hydrogens (tertiary/aromatic N) is 3. The highest BCUT2D eigenvalue weighted by atomic mass is 127. The maximum atomic E-state index is 13.9. The molecule has 144 valence electrons. The van der Waals surface area contributed by atoms with Gasteiger partial charge in [0.05, 0.1) is 17.1 Å². The first kappa shape index (κ1) is 18.7. The number of aromatic nitrogens is 2. The molecule has 7 nitrogen and oxygen atoms in total. The lowest BCUT2D eigenvalue weighted by molar-refractivity contribution is 0.190. The smallest absolute Gasteiger partial charge is 0.404 e. The van der Waals surface area contributed by atoms with Gasteiger partial charge in [0.25, 0.3) is 0 Å². The van der Waals surface area contributed by atoms with Gasteiger partial charge in [-0.2, -0.15) is 0 Å².